The summed E-state index contributed by atoms with van der Waals surface area (Å²) in [6, 6.07) is 23.1. The highest BCUT2D eigenvalue weighted by Crippen LogP contribution is 2.26. The Bertz CT molecular complexity index is 1100. The van der Waals surface area contributed by atoms with Crippen LogP contribution in [0.15, 0.2) is 71.2 Å². The van der Waals surface area contributed by atoms with Crippen LogP contribution in [0.4, 0.5) is 0 Å². The summed E-state index contributed by atoms with van der Waals surface area (Å²) in [6.07, 6.45) is 2.04. The van der Waals surface area contributed by atoms with Crippen molar-refractivity contribution in [3.8, 4) is 17.1 Å². The number of halogens is 1. The fourth-order valence-electron chi connectivity index (χ4n) is 3.70. The van der Waals surface area contributed by atoms with Crippen LogP contribution < -0.4 is 4.74 Å². The van der Waals surface area contributed by atoms with E-state index < -0.39 is 0 Å². The number of aryl methyl sites for hydroxylation is 3. The molecular formula is C25H25BrN2O. The lowest BCUT2D eigenvalue weighted by Gasteiger charge is -2.11. The van der Waals surface area contributed by atoms with Crippen molar-refractivity contribution >= 4 is 27.0 Å². The molecule has 4 heteroatoms. The third kappa shape index (κ3) is 4.70. The average molecular weight is 449 g/mol. The second-order valence-electron chi connectivity index (χ2n) is 7.46. The van der Waals surface area contributed by atoms with Gasteiger partial charge in [0.2, 0.25) is 0 Å². The molecule has 4 rings (SSSR count). The zero-order valence-corrected chi connectivity index (χ0v) is 18.4. The van der Waals surface area contributed by atoms with Crippen LogP contribution in [0.2, 0.25) is 0 Å². The van der Waals surface area contributed by atoms with Gasteiger partial charge < -0.3 is 9.30 Å². The Labute approximate surface area is 180 Å². The number of imidazole rings is 1. The molecule has 0 aliphatic heterocycles. The van der Waals surface area contributed by atoms with E-state index in [9.17, 15) is 0 Å². The SMILES string of the molecule is Cc1cc(C)cc(OCCCCn2c(-c3ccc(Br)cc3)nc3ccccc32)c1. The monoisotopic (exact) mass is 448 g/mol. The quantitative estimate of drug-likeness (QED) is 0.286. The zero-order valence-electron chi connectivity index (χ0n) is 16.9. The summed E-state index contributed by atoms with van der Waals surface area (Å²) in [7, 11) is 0. The lowest BCUT2D eigenvalue weighted by atomic mass is 10.1. The molecule has 3 aromatic carbocycles. The molecule has 0 fully saturated rings. The van der Waals surface area contributed by atoms with Crippen molar-refractivity contribution in [2.45, 2.75) is 33.2 Å². The summed E-state index contributed by atoms with van der Waals surface area (Å²) in [6.45, 7) is 5.85. The molecule has 0 spiro atoms. The van der Waals surface area contributed by atoms with Crippen LogP contribution in [0, 0.1) is 13.8 Å². The van der Waals surface area contributed by atoms with Gasteiger partial charge in [-0.1, -0.05) is 46.3 Å². The fraction of sp³-hybridized carbons (Fsp3) is 0.240. The van der Waals surface area contributed by atoms with Gasteiger partial charge in [-0.15, -0.1) is 0 Å². The molecule has 0 aliphatic rings. The molecule has 0 aliphatic carbocycles. The number of ether oxygens (including phenoxy) is 1. The van der Waals surface area contributed by atoms with Crippen LogP contribution in [0.3, 0.4) is 0 Å². The normalized spacial score (nSPS) is 11.1. The molecular weight excluding hydrogens is 424 g/mol. The van der Waals surface area contributed by atoms with E-state index in [1.807, 2.05) is 6.07 Å². The Balaban J connectivity index is 1.46. The third-order valence-electron chi connectivity index (χ3n) is 5.00. The lowest BCUT2D eigenvalue weighted by Crippen LogP contribution is -2.04. The Hall–Kier alpha value is -2.59. The molecule has 0 saturated heterocycles. The van der Waals surface area contributed by atoms with Crippen LogP contribution in [-0.4, -0.2) is 16.2 Å². The van der Waals surface area contributed by atoms with Gasteiger partial charge in [-0.2, -0.15) is 0 Å². The second-order valence-corrected chi connectivity index (χ2v) is 8.38. The van der Waals surface area contributed by atoms with Crippen LogP contribution in [-0.2, 0) is 6.54 Å². The van der Waals surface area contributed by atoms with Gasteiger partial charge >= 0.3 is 0 Å². The maximum atomic E-state index is 5.97. The first-order chi connectivity index (χ1) is 14.1. The van der Waals surface area contributed by atoms with Crippen molar-refractivity contribution in [3.05, 3.63) is 82.3 Å². The largest absolute Gasteiger partial charge is 0.494 e. The molecule has 1 aromatic heterocycles. The van der Waals surface area contributed by atoms with Crippen LogP contribution >= 0.6 is 15.9 Å². The number of nitrogens with zero attached hydrogens (tertiary/aromatic N) is 2. The second kappa shape index (κ2) is 8.83. The van der Waals surface area contributed by atoms with Crippen molar-refractivity contribution in [3.63, 3.8) is 0 Å². The van der Waals surface area contributed by atoms with Crippen LogP contribution in [0.5, 0.6) is 5.75 Å². The summed E-state index contributed by atoms with van der Waals surface area (Å²) in [4.78, 5) is 4.89. The van der Waals surface area contributed by atoms with E-state index in [4.69, 9.17) is 9.72 Å². The maximum Gasteiger partial charge on any atom is 0.141 e. The Morgan fingerprint density at radius 3 is 2.38 bits per heavy atom. The van der Waals surface area contributed by atoms with Crippen molar-refractivity contribution in [2.24, 2.45) is 0 Å². The molecule has 148 valence electrons. The predicted octanol–water partition coefficient (Wildman–Crippen LogP) is 6.94. The number of para-hydroxylation sites is 2. The van der Waals surface area contributed by atoms with E-state index in [1.54, 1.807) is 0 Å². The number of benzene rings is 3. The van der Waals surface area contributed by atoms with E-state index in [-0.39, 0.29) is 0 Å². The topological polar surface area (TPSA) is 27.1 Å². The summed E-state index contributed by atoms with van der Waals surface area (Å²) in [5.41, 5.74) is 5.83. The Morgan fingerprint density at radius 2 is 1.62 bits per heavy atom. The van der Waals surface area contributed by atoms with Crippen molar-refractivity contribution < 1.29 is 4.74 Å². The first-order valence-corrected chi connectivity index (χ1v) is 10.8. The number of fused-ring (bicyclic) bond motifs is 1. The van der Waals surface area contributed by atoms with E-state index in [0.717, 1.165) is 53.1 Å². The molecule has 3 nitrogen and oxygen atoms in total. The molecule has 0 radical (unpaired) electrons. The molecule has 29 heavy (non-hydrogen) atoms. The molecule has 0 bridgehead atoms. The molecule has 1 heterocycles. The molecule has 0 amide bonds. The van der Waals surface area contributed by atoms with Crippen molar-refractivity contribution in [1.82, 2.24) is 9.55 Å². The van der Waals surface area contributed by atoms with Gasteiger partial charge in [0.25, 0.3) is 0 Å². The Kier molecular flexibility index (Phi) is 6.00. The summed E-state index contributed by atoms with van der Waals surface area (Å²) in [5, 5.41) is 0. The van der Waals surface area contributed by atoms with E-state index in [0.29, 0.717) is 0 Å². The summed E-state index contributed by atoms with van der Waals surface area (Å²) < 4.78 is 9.38. The highest BCUT2D eigenvalue weighted by molar-refractivity contribution is 9.10. The molecule has 0 atom stereocenters. The lowest BCUT2D eigenvalue weighted by molar-refractivity contribution is 0.303. The van der Waals surface area contributed by atoms with Gasteiger partial charge in [0.1, 0.15) is 11.6 Å². The Morgan fingerprint density at radius 1 is 0.897 bits per heavy atom. The standard InChI is InChI=1S/C25H25BrN2O/c1-18-15-19(2)17-22(16-18)29-14-6-5-13-28-24-8-4-3-7-23(24)27-25(28)20-9-11-21(26)12-10-20/h3-4,7-12,15-17H,5-6,13-14H2,1-2H3. The fourth-order valence-corrected chi connectivity index (χ4v) is 3.96. The van der Waals surface area contributed by atoms with E-state index >= 15 is 0 Å². The van der Waals surface area contributed by atoms with Crippen LogP contribution in [0.1, 0.15) is 24.0 Å². The summed E-state index contributed by atoms with van der Waals surface area (Å²) in [5.74, 6) is 1.99. The van der Waals surface area contributed by atoms with Gasteiger partial charge in [0.05, 0.1) is 17.6 Å². The average Bonchev–Trinajstić information content (AvgIpc) is 3.06. The van der Waals surface area contributed by atoms with Gasteiger partial charge in [-0.3, -0.25) is 0 Å². The minimum atomic E-state index is 0.725. The van der Waals surface area contributed by atoms with Gasteiger partial charge in [-0.25, -0.2) is 4.98 Å². The molecule has 0 saturated carbocycles. The number of rotatable bonds is 7. The highest BCUT2D eigenvalue weighted by atomic mass is 79.9. The zero-order chi connectivity index (χ0) is 20.2. The third-order valence-corrected chi connectivity index (χ3v) is 5.53. The van der Waals surface area contributed by atoms with Crippen LogP contribution in [0.25, 0.3) is 22.4 Å². The number of aromatic nitrogens is 2. The van der Waals surface area contributed by atoms with Gasteiger partial charge in [0.15, 0.2) is 0 Å². The number of hydrogen-bond donors (Lipinski definition) is 0. The smallest absolute Gasteiger partial charge is 0.141 e. The van der Waals surface area contributed by atoms with Gasteiger partial charge in [-0.05, 0) is 74.2 Å². The first kappa shape index (κ1) is 19.7. The van der Waals surface area contributed by atoms with E-state index in [1.165, 1.54) is 16.6 Å². The van der Waals surface area contributed by atoms with Gasteiger partial charge in [0, 0.05) is 16.6 Å². The predicted molar refractivity (Wildman–Crippen MR) is 124 cm³/mol. The van der Waals surface area contributed by atoms with Crippen molar-refractivity contribution in [1.29, 1.82) is 0 Å². The minimum absolute atomic E-state index is 0.725. The maximum absolute atomic E-state index is 5.97. The molecule has 0 unspecified atom stereocenters. The molecule has 0 N–H and O–H groups in total. The summed E-state index contributed by atoms with van der Waals surface area (Å²) >= 11 is 3.52. The van der Waals surface area contributed by atoms with E-state index in [2.05, 4.69) is 95.0 Å². The molecule has 4 aromatic rings. The highest BCUT2D eigenvalue weighted by Gasteiger charge is 2.12. The first-order valence-electron chi connectivity index (χ1n) is 10.0. The van der Waals surface area contributed by atoms with Crippen molar-refractivity contribution in [2.75, 3.05) is 6.61 Å². The number of unbranched alkanes of at least 4 members (excludes halogenated alkanes) is 1. The number of hydrogen-bond acceptors (Lipinski definition) is 2. The minimum Gasteiger partial charge on any atom is -0.494 e.